The summed E-state index contributed by atoms with van der Waals surface area (Å²) in [6.45, 7) is 3.25. The molecule has 0 bridgehead atoms. The Morgan fingerprint density at radius 3 is 2.73 bits per heavy atom. The van der Waals surface area contributed by atoms with Crippen molar-refractivity contribution in [2.24, 2.45) is 0 Å². The lowest BCUT2D eigenvalue weighted by Gasteiger charge is -2.09. The molecule has 0 amide bonds. The monoisotopic (exact) mass is 203 g/mol. The van der Waals surface area contributed by atoms with Gasteiger partial charge in [-0.25, -0.2) is 0 Å². The van der Waals surface area contributed by atoms with E-state index in [-0.39, 0.29) is 5.92 Å². The summed E-state index contributed by atoms with van der Waals surface area (Å²) in [7, 11) is 0. The minimum absolute atomic E-state index is 0.109. The first-order valence-corrected chi connectivity index (χ1v) is 5.10. The van der Waals surface area contributed by atoms with Gasteiger partial charge in [0.1, 0.15) is 0 Å². The maximum absolute atomic E-state index is 8.83. The van der Waals surface area contributed by atoms with Gasteiger partial charge in [-0.05, 0) is 24.6 Å². The van der Waals surface area contributed by atoms with Gasteiger partial charge < -0.3 is 9.47 Å². The second-order valence-corrected chi connectivity index (χ2v) is 3.61. The van der Waals surface area contributed by atoms with Crippen LogP contribution in [0.5, 0.6) is 11.5 Å². The van der Waals surface area contributed by atoms with Crippen molar-refractivity contribution in [1.29, 1.82) is 5.26 Å². The molecule has 0 spiro atoms. The fourth-order valence-corrected chi connectivity index (χ4v) is 1.52. The Bertz CT molecular complexity index is 395. The maximum Gasteiger partial charge on any atom is 0.161 e. The van der Waals surface area contributed by atoms with Crippen molar-refractivity contribution in [2.75, 3.05) is 13.2 Å². The normalized spacial score (nSPS) is 16.3. The first-order chi connectivity index (χ1) is 7.31. The molecular formula is C12H13NO2. The van der Waals surface area contributed by atoms with Crippen LogP contribution in [0.4, 0.5) is 0 Å². The molecule has 2 rings (SSSR count). The quantitative estimate of drug-likeness (QED) is 0.704. The highest BCUT2D eigenvalue weighted by molar-refractivity contribution is 5.45. The fraction of sp³-hybridized carbons (Fsp3) is 0.417. The molecule has 0 saturated carbocycles. The maximum atomic E-state index is 8.83. The second-order valence-electron chi connectivity index (χ2n) is 3.61. The van der Waals surface area contributed by atoms with E-state index in [1.807, 2.05) is 25.1 Å². The van der Waals surface area contributed by atoms with E-state index in [0.29, 0.717) is 13.2 Å². The summed E-state index contributed by atoms with van der Waals surface area (Å²) in [6, 6.07) is 7.90. The van der Waals surface area contributed by atoms with Crippen molar-refractivity contribution in [1.82, 2.24) is 0 Å². The lowest BCUT2D eigenvalue weighted by molar-refractivity contribution is 0.297. The van der Waals surface area contributed by atoms with Crippen LogP contribution in [0, 0.1) is 11.3 Å². The minimum atomic E-state index is -0.109. The van der Waals surface area contributed by atoms with Crippen molar-refractivity contribution in [3.05, 3.63) is 23.8 Å². The van der Waals surface area contributed by atoms with Gasteiger partial charge in [0.15, 0.2) is 11.5 Å². The molecule has 0 aromatic heterocycles. The van der Waals surface area contributed by atoms with E-state index in [1.54, 1.807) is 0 Å². The fourth-order valence-electron chi connectivity index (χ4n) is 1.52. The van der Waals surface area contributed by atoms with Gasteiger partial charge in [0.05, 0.1) is 25.2 Å². The summed E-state index contributed by atoms with van der Waals surface area (Å²) in [5.74, 6) is 1.43. The van der Waals surface area contributed by atoms with Crippen molar-refractivity contribution in [3.63, 3.8) is 0 Å². The molecule has 1 aliphatic rings. The third-order valence-corrected chi connectivity index (χ3v) is 2.47. The highest BCUT2D eigenvalue weighted by atomic mass is 16.5. The van der Waals surface area contributed by atoms with Gasteiger partial charge in [-0.1, -0.05) is 6.07 Å². The summed E-state index contributed by atoms with van der Waals surface area (Å²) in [5, 5.41) is 8.83. The molecule has 1 aromatic carbocycles. The Labute approximate surface area is 89.2 Å². The molecule has 1 aromatic rings. The Morgan fingerprint density at radius 2 is 2.00 bits per heavy atom. The van der Waals surface area contributed by atoms with Crippen LogP contribution in [0.15, 0.2) is 18.2 Å². The number of rotatable bonds is 1. The van der Waals surface area contributed by atoms with Gasteiger partial charge in [-0.2, -0.15) is 5.26 Å². The van der Waals surface area contributed by atoms with Crippen molar-refractivity contribution >= 4 is 0 Å². The van der Waals surface area contributed by atoms with Crippen LogP contribution in [-0.2, 0) is 0 Å². The van der Waals surface area contributed by atoms with Crippen LogP contribution < -0.4 is 9.47 Å². The summed E-state index contributed by atoms with van der Waals surface area (Å²) >= 11 is 0. The van der Waals surface area contributed by atoms with Crippen LogP contribution in [0.3, 0.4) is 0 Å². The van der Waals surface area contributed by atoms with Crippen molar-refractivity contribution in [2.45, 2.75) is 19.3 Å². The molecule has 0 fully saturated rings. The Balaban J connectivity index is 2.32. The van der Waals surface area contributed by atoms with Gasteiger partial charge in [0, 0.05) is 6.42 Å². The highest BCUT2D eigenvalue weighted by Gasteiger charge is 2.12. The number of nitriles is 1. The summed E-state index contributed by atoms with van der Waals surface area (Å²) < 4.78 is 11.1. The summed E-state index contributed by atoms with van der Waals surface area (Å²) in [4.78, 5) is 0. The number of fused-ring (bicyclic) bond motifs is 1. The van der Waals surface area contributed by atoms with Crippen LogP contribution in [-0.4, -0.2) is 13.2 Å². The third-order valence-electron chi connectivity index (χ3n) is 2.47. The number of hydrogen-bond donors (Lipinski definition) is 0. The van der Waals surface area contributed by atoms with Crippen LogP contribution in [0.1, 0.15) is 24.8 Å². The van der Waals surface area contributed by atoms with Crippen molar-refractivity contribution in [3.8, 4) is 17.6 Å². The van der Waals surface area contributed by atoms with E-state index >= 15 is 0 Å². The molecule has 15 heavy (non-hydrogen) atoms. The van der Waals surface area contributed by atoms with E-state index in [1.165, 1.54) is 0 Å². The number of nitrogens with zero attached hydrogens (tertiary/aromatic N) is 1. The Morgan fingerprint density at radius 1 is 1.27 bits per heavy atom. The lowest BCUT2D eigenvalue weighted by Crippen LogP contribution is -1.97. The summed E-state index contributed by atoms with van der Waals surface area (Å²) in [6.07, 6.45) is 0.901. The Kier molecular flexibility index (Phi) is 2.77. The van der Waals surface area contributed by atoms with E-state index in [2.05, 4.69) is 6.07 Å². The number of benzene rings is 1. The topological polar surface area (TPSA) is 42.2 Å². The van der Waals surface area contributed by atoms with Crippen LogP contribution in [0.25, 0.3) is 0 Å². The van der Waals surface area contributed by atoms with E-state index < -0.39 is 0 Å². The average molecular weight is 203 g/mol. The molecule has 0 N–H and O–H groups in total. The predicted octanol–water partition coefficient (Wildman–Crippen LogP) is 2.47. The van der Waals surface area contributed by atoms with E-state index in [4.69, 9.17) is 14.7 Å². The molecule has 1 unspecified atom stereocenters. The standard InChI is InChI=1S/C12H13NO2/c1-9(8-13)10-3-4-11-12(7-10)15-6-2-5-14-11/h3-4,7,9H,2,5-6H2,1H3. The third kappa shape index (κ3) is 2.04. The van der Waals surface area contributed by atoms with Crippen LogP contribution in [0.2, 0.25) is 0 Å². The first kappa shape index (κ1) is 9.85. The molecule has 3 heteroatoms. The number of ether oxygens (including phenoxy) is 2. The van der Waals surface area contributed by atoms with Gasteiger partial charge >= 0.3 is 0 Å². The molecule has 1 aliphatic heterocycles. The zero-order valence-electron chi connectivity index (χ0n) is 8.69. The molecule has 3 nitrogen and oxygen atoms in total. The first-order valence-electron chi connectivity index (χ1n) is 5.10. The molecule has 0 aliphatic carbocycles. The van der Waals surface area contributed by atoms with Gasteiger partial charge in [0.25, 0.3) is 0 Å². The smallest absolute Gasteiger partial charge is 0.161 e. The average Bonchev–Trinajstić information content (AvgIpc) is 2.51. The molecule has 78 valence electrons. The SMILES string of the molecule is CC(C#N)c1ccc2c(c1)OCCCO2. The second kappa shape index (κ2) is 4.22. The zero-order chi connectivity index (χ0) is 10.7. The van der Waals surface area contributed by atoms with Crippen LogP contribution >= 0.6 is 0 Å². The van der Waals surface area contributed by atoms with Gasteiger partial charge in [-0.3, -0.25) is 0 Å². The van der Waals surface area contributed by atoms with E-state index in [9.17, 15) is 0 Å². The highest BCUT2D eigenvalue weighted by Crippen LogP contribution is 2.32. The van der Waals surface area contributed by atoms with Crippen molar-refractivity contribution < 1.29 is 9.47 Å². The van der Waals surface area contributed by atoms with Gasteiger partial charge in [0.2, 0.25) is 0 Å². The largest absolute Gasteiger partial charge is 0.490 e. The zero-order valence-corrected chi connectivity index (χ0v) is 8.69. The summed E-state index contributed by atoms with van der Waals surface area (Å²) in [5.41, 5.74) is 0.974. The predicted molar refractivity (Wildman–Crippen MR) is 56.1 cm³/mol. The molecular weight excluding hydrogens is 190 g/mol. The minimum Gasteiger partial charge on any atom is -0.490 e. The molecule has 0 radical (unpaired) electrons. The lowest BCUT2D eigenvalue weighted by atomic mass is 10.0. The number of hydrogen-bond acceptors (Lipinski definition) is 3. The Hall–Kier alpha value is -1.69. The molecule has 1 heterocycles. The molecule has 1 atom stereocenters. The molecule has 0 saturated heterocycles. The van der Waals surface area contributed by atoms with Gasteiger partial charge in [-0.15, -0.1) is 0 Å². The van der Waals surface area contributed by atoms with E-state index in [0.717, 1.165) is 23.5 Å².